The Balaban J connectivity index is 2.10. The first kappa shape index (κ1) is 7.53. The minimum Gasteiger partial charge on any atom is -0.384 e. The molecular weight excluding hydrogens is 142 g/mol. The monoisotopic (exact) mass is 157 g/mol. The lowest BCUT2D eigenvalue weighted by Crippen LogP contribution is -2.66. The van der Waals surface area contributed by atoms with Gasteiger partial charge >= 0.3 is 0 Å². The van der Waals surface area contributed by atoms with E-state index in [1.54, 1.807) is 0 Å². The van der Waals surface area contributed by atoms with Crippen LogP contribution in [0.25, 0.3) is 0 Å². The van der Waals surface area contributed by atoms with Gasteiger partial charge in [0.1, 0.15) is 5.60 Å². The zero-order valence-corrected chi connectivity index (χ0v) is 6.68. The quantitative estimate of drug-likeness (QED) is 0.587. The van der Waals surface area contributed by atoms with Crippen molar-refractivity contribution in [2.24, 2.45) is 11.1 Å². The average molecular weight is 157 g/mol. The van der Waals surface area contributed by atoms with Crippen LogP contribution in [0.15, 0.2) is 0 Å². The van der Waals surface area contributed by atoms with E-state index >= 15 is 0 Å². The smallest absolute Gasteiger partial charge is 0.118 e. The first-order valence-electron chi connectivity index (χ1n) is 4.23. The molecule has 0 aromatic heterocycles. The van der Waals surface area contributed by atoms with Crippen LogP contribution in [0.5, 0.6) is 0 Å². The van der Waals surface area contributed by atoms with Crippen molar-refractivity contribution < 1.29 is 9.84 Å². The summed E-state index contributed by atoms with van der Waals surface area (Å²) >= 11 is 0. The molecule has 64 valence electrons. The SMILES string of the molecule is NCC1(C2(O)COC2)CCC1. The van der Waals surface area contributed by atoms with Gasteiger partial charge in [-0.25, -0.2) is 0 Å². The Labute approximate surface area is 66.5 Å². The molecule has 0 amide bonds. The third kappa shape index (κ3) is 0.789. The molecule has 0 bridgehead atoms. The maximum atomic E-state index is 9.98. The molecular formula is C8H15NO2. The highest BCUT2D eigenvalue weighted by Gasteiger charge is 2.57. The molecule has 11 heavy (non-hydrogen) atoms. The van der Waals surface area contributed by atoms with Gasteiger partial charge < -0.3 is 15.6 Å². The van der Waals surface area contributed by atoms with Gasteiger partial charge in [0.25, 0.3) is 0 Å². The van der Waals surface area contributed by atoms with Crippen LogP contribution in [0.1, 0.15) is 19.3 Å². The van der Waals surface area contributed by atoms with Crippen LogP contribution in [0.3, 0.4) is 0 Å². The van der Waals surface area contributed by atoms with E-state index < -0.39 is 5.60 Å². The van der Waals surface area contributed by atoms with Gasteiger partial charge in [0, 0.05) is 12.0 Å². The van der Waals surface area contributed by atoms with Crippen molar-refractivity contribution in [3.63, 3.8) is 0 Å². The predicted molar refractivity (Wildman–Crippen MR) is 41.1 cm³/mol. The molecule has 1 heterocycles. The standard InChI is InChI=1S/C8H15NO2/c9-4-7(2-1-3-7)8(10)5-11-6-8/h10H,1-6,9H2. The van der Waals surface area contributed by atoms with Crippen molar-refractivity contribution in [2.75, 3.05) is 19.8 Å². The summed E-state index contributed by atoms with van der Waals surface area (Å²) in [6.45, 7) is 1.58. The van der Waals surface area contributed by atoms with E-state index in [1.165, 1.54) is 6.42 Å². The van der Waals surface area contributed by atoms with E-state index in [2.05, 4.69) is 0 Å². The van der Waals surface area contributed by atoms with Crippen LogP contribution < -0.4 is 5.73 Å². The van der Waals surface area contributed by atoms with Gasteiger partial charge in [-0.1, -0.05) is 6.42 Å². The molecule has 2 fully saturated rings. The second-order valence-electron chi connectivity index (χ2n) is 3.86. The van der Waals surface area contributed by atoms with Crippen molar-refractivity contribution in [1.82, 2.24) is 0 Å². The van der Waals surface area contributed by atoms with Gasteiger partial charge in [-0.3, -0.25) is 0 Å². The van der Waals surface area contributed by atoms with Crippen LogP contribution in [-0.4, -0.2) is 30.5 Å². The number of aliphatic hydroxyl groups is 1. The molecule has 0 spiro atoms. The lowest BCUT2D eigenvalue weighted by molar-refractivity contribution is -0.257. The molecule has 0 unspecified atom stereocenters. The second kappa shape index (κ2) is 2.19. The molecule has 1 aliphatic carbocycles. The van der Waals surface area contributed by atoms with Gasteiger partial charge in [0.2, 0.25) is 0 Å². The number of ether oxygens (including phenoxy) is 1. The Kier molecular flexibility index (Phi) is 1.50. The number of hydrogen-bond donors (Lipinski definition) is 2. The number of nitrogens with two attached hydrogens (primary N) is 1. The maximum Gasteiger partial charge on any atom is 0.118 e. The molecule has 0 radical (unpaired) electrons. The minimum atomic E-state index is -0.583. The highest BCUT2D eigenvalue weighted by molar-refractivity contribution is 5.07. The molecule has 0 aromatic rings. The first-order chi connectivity index (χ1) is 5.22. The van der Waals surface area contributed by atoms with E-state index in [0.29, 0.717) is 19.8 Å². The van der Waals surface area contributed by atoms with Crippen LogP contribution in [0.2, 0.25) is 0 Å². The molecule has 2 aliphatic rings. The Morgan fingerprint density at radius 3 is 2.09 bits per heavy atom. The summed E-state index contributed by atoms with van der Waals surface area (Å²) in [7, 11) is 0. The van der Waals surface area contributed by atoms with Crippen molar-refractivity contribution in [3.8, 4) is 0 Å². The third-order valence-corrected chi connectivity index (χ3v) is 3.37. The van der Waals surface area contributed by atoms with Gasteiger partial charge in [-0.15, -0.1) is 0 Å². The summed E-state index contributed by atoms with van der Waals surface area (Å²) in [6, 6.07) is 0. The lowest BCUT2D eigenvalue weighted by atomic mass is 9.58. The highest BCUT2D eigenvalue weighted by Crippen LogP contribution is 2.51. The van der Waals surface area contributed by atoms with E-state index in [1.807, 2.05) is 0 Å². The van der Waals surface area contributed by atoms with E-state index in [9.17, 15) is 5.11 Å². The molecule has 0 aromatic carbocycles. The Morgan fingerprint density at radius 1 is 1.36 bits per heavy atom. The van der Waals surface area contributed by atoms with E-state index in [-0.39, 0.29) is 5.41 Å². The lowest BCUT2D eigenvalue weighted by Gasteiger charge is -2.56. The minimum absolute atomic E-state index is 0.00521. The second-order valence-corrected chi connectivity index (χ2v) is 3.86. The average Bonchev–Trinajstić information content (AvgIpc) is 1.83. The van der Waals surface area contributed by atoms with Crippen LogP contribution in [0.4, 0.5) is 0 Å². The zero-order chi connectivity index (χ0) is 7.95. The Morgan fingerprint density at radius 2 is 2.00 bits per heavy atom. The van der Waals surface area contributed by atoms with Gasteiger partial charge in [0.15, 0.2) is 0 Å². The van der Waals surface area contributed by atoms with Crippen molar-refractivity contribution in [3.05, 3.63) is 0 Å². The van der Waals surface area contributed by atoms with Crippen LogP contribution in [-0.2, 0) is 4.74 Å². The largest absolute Gasteiger partial charge is 0.384 e. The molecule has 3 nitrogen and oxygen atoms in total. The predicted octanol–water partition coefficient (Wildman–Crippen LogP) is -0.123. The molecule has 1 saturated heterocycles. The summed E-state index contributed by atoms with van der Waals surface area (Å²) in [5.74, 6) is 0. The van der Waals surface area contributed by atoms with Gasteiger partial charge in [0.05, 0.1) is 13.2 Å². The van der Waals surface area contributed by atoms with Crippen LogP contribution >= 0.6 is 0 Å². The molecule has 2 rings (SSSR count). The van der Waals surface area contributed by atoms with Crippen molar-refractivity contribution in [2.45, 2.75) is 24.9 Å². The normalized spacial score (nSPS) is 32.2. The summed E-state index contributed by atoms with van der Waals surface area (Å²) in [6.07, 6.45) is 3.35. The third-order valence-electron chi connectivity index (χ3n) is 3.37. The van der Waals surface area contributed by atoms with E-state index in [4.69, 9.17) is 10.5 Å². The summed E-state index contributed by atoms with van der Waals surface area (Å²) < 4.78 is 5.02. The molecule has 3 N–H and O–H groups in total. The fourth-order valence-electron chi connectivity index (χ4n) is 2.06. The molecule has 0 atom stereocenters. The topological polar surface area (TPSA) is 55.5 Å². The zero-order valence-electron chi connectivity index (χ0n) is 6.68. The number of rotatable bonds is 2. The van der Waals surface area contributed by atoms with Crippen molar-refractivity contribution >= 4 is 0 Å². The number of hydrogen-bond acceptors (Lipinski definition) is 3. The van der Waals surface area contributed by atoms with Gasteiger partial charge in [-0.05, 0) is 12.8 Å². The molecule has 3 heteroatoms. The van der Waals surface area contributed by atoms with E-state index in [0.717, 1.165) is 12.8 Å². The fraction of sp³-hybridized carbons (Fsp3) is 1.00. The molecule has 1 aliphatic heterocycles. The summed E-state index contributed by atoms with van der Waals surface area (Å²) in [5, 5.41) is 9.98. The molecule has 1 saturated carbocycles. The van der Waals surface area contributed by atoms with Crippen LogP contribution in [0, 0.1) is 5.41 Å². The van der Waals surface area contributed by atoms with Crippen molar-refractivity contribution in [1.29, 1.82) is 0 Å². The summed E-state index contributed by atoms with van der Waals surface area (Å²) in [5.41, 5.74) is 5.07. The fourth-order valence-corrected chi connectivity index (χ4v) is 2.06. The van der Waals surface area contributed by atoms with Gasteiger partial charge in [-0.2, -0.15) is 0 Å². The highest BCUT2D eigenvalue weighted by atomic mass is 16.5. The maximum absolute atomic E-state index is 9.98. The Bertz CT molecular complexity index is 156. The first-order valence-corrected chi connectivity index (χ1v) is 4.23. The Hall–Kier alpha value is -0.120. The summed E-state index contributed by atoms with van der Waals surface area (Å²) in [4.78, 5) is 0.